The molecule has 1 aliphatic carbocycles. The third-order valence-corrected chi connectivity index (χ3v) is 3.99. The van der Waals surface area contributed by atoms with E-state index >= 15 is 0 Å². The van der Waals surface area contributed by atoms with Crippen molar-refractivity contribution in [2.45, 2.75) is 32.6 Å². The fourth-order valence-corrected chi connectivity index (χ4v) is 2.63. The Hall–Kier alpha value is -1.35. The van der Waals surface area contributed by atoms with E-state index in [1.165, 1.54) is 0 Å². The van der Waals surface area contributed by atoms with E-state index in [0.717, 1.165) is 24.8 Å². The van der Waals surface area contributed by atoms with Crippen LogP contribution in [0.1, 0.15) is 31.7 Å². The van der Waals surface area contributed by atoms with Gasteiger partial charge in [0.05, 0.1) is 6.61 Å². The molecule has 0 aromatic heterocycles. The van der Waals surface area contributed by atoms with E-state index in [9.17, 15) is 9.59 Å². The molecule has 3 nitrogen and oxygen atoms in total. The van der Waals surface area contributed by atoms with E-state index in [0.29, 0.717) is 18.1 Å². The molecule has 0 radical (unpaired) electrons. The minimum Gasteiger partial charge on any atom is -0.465 e. The molecule has 4 heteroatoms. The highest BCUT2D eigenvalue weighted by Crippen LogP contribution is 2.31. The first kappa shape index (κ1) is 15.0. The van der Waals surface area contributed by atoms with Crippen LogP contribution in [0.5, 0.6) is 0 Å². The Labute approximate surface area is 124 Å². The van der Waals surface area contributed by atoms with Gasteiger partial charge in [-0.3, -0.25) is 9.59 Å². The van der Waals surface area contributed by atoms with Gasteiger partial charge in [0, 0.05) is 10.9 Å². The summed E-state index contributed by atoms with van der Waals surface area (Å²) in [6.07, 6.45) is 3.23. The fraction of sp³-hybridized carbons (Fsp3) is 0.500. The zero-order chi connectivity index (χ0) is 14.5. The summed E-state index contributed by atoms with van der Waals surface area (Å²) in [6.45, 7) is 2.05. The molecule has 0 spiro atoms. The van der Waals surface area contributed by atoms with Gasteiger partial charge in [0.15, 0.2) is 5.78 Å². The van der Waals surface area contributed by atoms with Crippen molar-refractivity contribution < 1.29 is 14.3 Å². The molecule has 0 bridgehead atoms. The topological polar surface area (TPSA) is 43.4 Å². The zero-order valence-corrected chi connectivity index (χ0v) is 12.4. The maximum absolute atomic E-state index is 12.4. The van der Waals surface area contributed by atoms with Gasteiger partial charge in [0.2, 0.25) is 0 Å². The third kappa shape index (κ3) is 3.60. The van der Waals surface area contributed by atoms with Gasteiger partial charge in [-0.2, -0.15) is 0 Å². The smallest absolute Gasteiger partial charge is 0.316 e. The molecule has 1 atom stereocenters. The summed E-state index contributed by atoms with van der Waals surface area (Å²) >= 11 is 5.95. The molecule has 1 fully saturated rings. The zero-order valence-electron chi connectivity index (χ0n) is 11.6. The molecule has 0 aliphatic heterocycles. The Morgan fingerprint density at radius 3 is 2.70 bits per heavy atom. The number of halogens is 1. The lowest BCUT2D eigenvalue weighted by molar-refractivity contribution is -0.153. The van der Waals surface area contributed by atoms with Crippen LogP contribution in [0.25, 0.3) is 0 Å². The first-order chi connectivity index (χ1) is 9.61. The minimum atomic E-state index is -0.696. The number of rotatable bonds is 6. The number of hydrogen-bond acceptors (Lipinski definition) is 3. The van der Waals surface area contributed by atoms with Crippen molar-refractivity contribution in [3.8, 4) is 0 Å². The molecule has 1 unspecified atom stereocenters. The Bertz CT molecular complexity index is 494. The van der Waals surface area contributed by atoms with E-state index < -0.39 is 11.9 Å². The monoisotopic (exact) mass is 294 g/mol. The SMILES string of the molecule is CCOC(=O)C(Cc1cccc(Cl)c1)C(=O)C1CCC1. The van der Waals surface area contributed by atoms with Gasteiger partial charge >= 0.3 is 5.97 Å². The van der Waals surface area contributed by atoms with E-state index in [-0.39, 0.29) is 11.7 Å². The summed E-state index contributed by atoms with van der Waals surface area (Å²) < 4.78 is 5.05. The Kier molecular flexibility index (Phi) is 5.18. The molecular weight excluding hydrogens is 276 g/mol. The molecule has 1 aromatic carbocycles. The normalized spacial score (nSPS) is 16.3. The molecule has 0 heterocycles. The van der Waals surface area contributed by atoms with Crippen molar-refractivity contribution in [2.75, 3.05) is 6.61 Å². The van der Waals surface area contributed by atoms with Gasteiger partial charge < -0.3 is 4.74 Å². The molecule has 0 N–H and O–H groups in total. The summed E-state index contributed by atoms with van der Waals surface area (Å²) in [5.74, 6) is -1.05. The van der Waals surface area contributed by atoms with Crippen molar-refractivity contribution in [2.24, 2.45) is 11.8 Å². The highest BCUT2D eigenvalue weighted by molar-refractivity contribution is 6.30. The second kappa shape index (κ2) is 6.89. The van der Waals surface area contributed by atoms with Crippen LogP contribution in [0.2, 0.25) is 5.02 Å². The summed E-state index contributed by atoms with van der Waals surface area (Å²) in [7, 11) is 0. The number of Topliss-reactive ketones (excluding diaryl/α,β-unsaturated/α-hetero) is 1. The molecule has 108 valence electrons. The number of benzene rings is 1. The van der Waals surface area contributed by atoms with Crippen LogP contribution in [0.3, 0.4) is 0 Å². The molecule has 1 aromatic rings. The lowest BCUT2D eigenvalue weighted by Crippen LogP contribution is -2.35. The summed E-state index contributed by atoms with van der Waals surface area (Å²) in [4.78, 5) is 24.4. The van der Waals surface area contributed by atoms with Gasteiger partial charge in [0.1, 0.15) is 5.92 Å². The first-order valence-corrected chi connectivity index (χ1v) is 7.44. The van der Waals surface area contributed by atoms with Crippen molar-refractivity contribution in [3.05, 3.63) is 34.9 Å². The Morgan fingerprint density at radius 1 is 1.40 bits per heavy atom. The van der Waals surface area contributed by atoms with Gasteiger partial charge in [-0.15, -0.1) is 0 Å². The van der Waals surface area contributed by atoms with Crippen LogP contribution < -0.4 is 0 Å². The van der Waals surface area contributed by atoms with Crippen molar-refractivity contribution in [1.82, 2.24) is 0 Å². The standard InChI is InChI=1S/C16H19ClO3/c1-2-20-16(19)14(15(18)12-6-4-7-12)10-11-5-3-8-13(17)9-11/h3,5,8-9,12,14H,2,4,6-7,10H2,1H3. The molecule has 1 saturated carbocycles. The van der Waals surface area contributed by atoms with Gasteiger partial charge in [-0.25, -0.2) is 0 Å². The number of ketones is 1. The summed E-state index contributed by atoms with van der Waals surface area (Å²) in [5.41, 5.74) is 0.892. The van der Waals surface area contributed by atoms with Crippen LogP contribution in [0.4, 0.5) is 0 Å². The number of hydrogen-bond donors (Lipinski definition) is 0. The predicted octanol–water partition coefficient (Wildman–Crippen LogP) is 3.43. The van der Waals surface area contributed by atoms with E-state index in [1.54, 1.807) is 19.1 Å². The Morgan fingerprint density at radius 2 is 2.15 bits per heavy atom. The van der Waals surface area contributed by atoms with E-state index in [1.807, 2.05) is 12.1 Å². The average molecular weight is 295 g/mol. The van der Waals surface area contributed by atoms with Gasteiger partial charge in [-0.1, -0.05) is 30.2 Å². The van der Waals surface area contributed by atoms with Crippen LogP contribution in [0.15, 0.2) is 24.3 Å². The number of ether oxygens (including phenoxy) is 1. The first-order valence-electron chi connectivity index (χ1n) is 7.06. The maximum atomic E-state index is 12.4. The molecule has 0 saturated heterocycles. The lowest BCUT2D eigenvalue weighted by Gasteiger charge is -2.27. The second-order valence-corrected chi connectivity index (χ2v) is 5.61. The largest absolute Gasteiger partial charge is 0.465 e. The second-order valence-electron chi connectivity index (χ2n) is 5.17. The molecular formula is C16H19ClO3. The minimum absolute atomic E-state index is 0.0228. The van der Waals surface area contributed by atoms with Crippen LogP contribution in [-0.2, 0) is 20.7 Å². The number of esters is 1. The predicted molar refractivity (Wildman–Crippen MR) is 77.6 cm³/mol. The maximum Gasteiger partial charge on any atom is 0.316 e. The Balaban J connectivity index is 2.13. The number of carbonyl (C=O) groups excluding carboxylic acids is 2. The molecule has 1 aliphatic rings. The van der Waals surface area contributed by atoms with Crippen LogP contribution in [0, 0.1) is 11.8 Å². The van der Waals surface area contributed by atoms with Crippen molar-refractivity contribution in [1.29, 1.82) is 0 Å². The molecule has 2 rings (SSSR count). The summed E-state index contributed by atoms with van der Waals surface area (Å²) in [6, 6.07) is 7.28. The van der Waals surface area contributed by atoms with E-state index in [4.69, 9.17) is 16.3 Å². The van der Waals surface area contributed by atoms with Crippen molar-refractivity contribution in [3.63, 3.8) is 0 Å². The molecule has 0 amide bonds. The number of carbonyl (C=O) groups is 2. The van der Waals surface area contributed by atoms with Gasteiger partial charge in [-0.05, 0) is 43.9 Å². The van der Waals surface area contributed by atoms with E-state index in [2.05, 4.69) is 0 Å². The van der Waals surface area contributed by atoms with Crippen LogP contribution in [-0.4, -0.2) is 18.4 Å². The van der Waals surface area contributed by atoms with Crippen LogP contribution >= 0.6 is 11.6 Å². The highest BCUT2D eigenvalue weighted by Gasteiger charge is 2.36. The van der Waals surface area contributed by atoms with Gasteiger partial charge in [0.25, 0.3) is 0 Å². The molecule has 20 heavy (non-hydrogen) atoms. The third-order valence-electron chi connectivity index (χ3n) is 3.75. The van der Waals surface area contributed by atoms with Crippen molar-refractivity contribution >= 4 is 23.4 Å². The highest BCUT2D eigenvalue weighted by atomic mass is 35.5. The lowest BCUT2D eigenvalue weighted by atomic mass is 9.76. The summed E-state index contributed by atoms with van der Waals surface area (Å²) in [5, 5.41) is 0.612. The quantitative estimate of drug-likeness (QED) is 0.596. The fourth-order valence-electron chi connectivity index (χ4n) is 2.42. The average Bonchev–Trinajstić information content (AvgIpc) is 2.34.